The number of nitrogens with zero attached hydrogens (tertiary/aromatic N) is 1. The minimum absolute atomic E-state index is 0.133. The lowest BCUT2D eigenvalue weighted by Crippen LogP contribution is -2.50. The Morgan fingerprint density at radius 1 is 0.897 bits per heavy atom. The zero-order valence-corrected chi connectivity index (χ0v) is 17.0. The lowest BCUT2D eigenvalue weighted by atomic mass is 9.95. The van der Waals surface area contributed by atoms with E-state index in [0.29, 0.717) is 17.1 Å². The normalized spacial score (nSPS) is 16.8. The van der Waals surface area contributed by atoms with Gasteiger partial charge in [0.1, 0.15) is 6.04 Å². The van der Waals surface area contributed by atoms with Gasteiger partial charge in [0.05, 0.1) is 15.6 Å². The first-order valence-corrected chi connectivity index (χ1v) is 11.0. The Balaban J connectivity index is 1.73. The molecule has 29 heavy (non-hydrogen) atoms. The van der Waals surface area contributed by atoms with Gasteiger partial charge < -0.3 is 5.32 Å². The lowest BCUT2D eigenvalue weighted by molar-refractivity contribution is -0.120. The zero-order valence-electron chi connectivity index (χ0n) is 15.5. The van der Waals surface area contributed by atoms with Crippen LogP contribution >= 0.6 is 11.6 Å². The molecule has 0 radical (unpaired) electrons. The molecule has 0 aliphatic carbocycles. The van der Waals surface area contributed by atoms with Crippen LogP contribution in [-0.2, 0) is 27.8 Å². The van der Waals surface area contributed by atoms with Crippen molar-refractivity contribution in [3.05, 3.63) is 95.0 Å². The number of rotatable bonds is 4. The first kappa shape index (κ1) is 19.6. The third kappa shape index (κ3) is 3.92. The van der Waals surface area contributed by atoms with Gasteiger partial charge in [-0.2, -0.15) is 4.31 Å². The van der Waals surface area contributed by atoms with Gasteiger partial charge in [-0.05, 0) is 41.8 Å². The summed E-state index contributed by atoms with van der Waals surface area (Å²) in [7, 11) is -3.86. The first-order valence-electron chi connectivity index (χ1n) is 9.16. The van der Waals surface area contributed by atoms with Gasteiger partial charge >= 0.3 is 0 Å². The Morgan fingerprint density at radius 2 is 1.52 bits per heavy atom. The molecular weight excluding hydrogens is 408 g/mol. The minimum Gasteiger partial charge on any atom is -0.323 e. The van der Waals surface area contributed by atoms with Crippen LogP contribution in [0.3, 0.4) is 0 Å². The molecule has 3 aromatic carbocycles. The van der Waals surface area contributed by atoms with E-state index in [4.69, 9.17) is 11.6 Å². The second-order valence-corrected chi connectivity index (χ2v) is 9.12. The van der Waals surface area contributed by atoms with Gasteiger partial charge in [-0.25, -0.2) is 8.42 Å². The maximum atomic E-state index is 13.4. The fraction of sp³-hybridized carbons (Fsp3) is 0.136. The second-order valence-electron chi connectivity index (χ2n) is 6.82. The molecule has 1 amide bonds. The number of amides is 1. The fourth-order valence-corrected chi connectivity index (χ4v) is 5.25. The van der Waals surface area contributed by atoms with E-state index in [-0.39, 0.29) is 11.4 Å². The zero-order chi connectivity index (χ0) is 20.4. The van der Waals surface area contributed by atoms with Crippen LogP contribution in [0.15, 0.2) is 83.8 Å². The summed E-state index contributed by atoms with van der Waals surface area (Å²) < 4.78 is 28.0. The molecule has 0 spiro atoms. The quantitative estimate of drug-likeness (QED) is 0.683. The number of carbonyl (C=O) groups excluding carboxylic acids is 1. The van der Waals surface area contributed by atoms with Crippen molar-refractivity contribution in [3.63, 3.8) is 0 Å². The monoisotopic (exact) mass is 426 g/mol. The molecule has 1 aliphatic rings. The Labute approximate surface area is 175 Å². The van der Waals surface area contributed by atoms with Crippen molar-refractivity contribution in [2.24, 2.45) is 0 Å². The molecule has 1 aliphatic heterocycles. The van der Waals surface area contributed by atoms with E-state index < -0.39 is 22.0 Å². The standard InChI is InChI=1S/C22H19ClN2O3S/c23-19-12-6-7-13-20(19)24-22(26)21-14-16-8-4-5-9-17(16)15-25(21)29(27,28)18-10-2-1-3-11-18/h1-13,21H,14-15H2,(H,24,26)/t21-/m1/s1. The molecule has 7 heteroatoms. The van der Waals surface area contributed by atoms with Crippen LogP contribution in [0, 0.1) is 0 Å². The average Bonchev–Trinajstić information content (AvgIpc) is 2.75. The Hall–Kier alpha value is -2.67. The highest BCUT2D eigenvalue weighted by Crippen LogP contribution is 2.30. The van der Waals surface area contributed by atoms with Crippen molar-refractivity contribution in [3.8, 4) is 0 Å². The highest BCUT2D eigenvalue weighted by atomic mass is 35.5. The van der Waals surface area contributed by atoms with Crippen molar-refractivity contribution in [2.45, 2.75) is 23.9 Å². The van der Waals surface area contributed by atoms with Crippen LogP contribution in [0.5, 0.6) is 0 Å². The molecule has 3 aromatic rings. The highest BCUT2D eigenvalue weighted by molar-refractivity contribution is 7.89. The van der Waals surface area contributed by atoms with Crippen molar-refractivity contribution in [1.82, 2.24) is 4.31 Å². The molecule has 1 heterocycles. The minimum atomic E-state index is -3.86. The van der Waals surface area contributed by atoms with Crippen LogP contribution in [0.4, 0.5) is 5.69 Å². The molecule has 4 rings (SSSR count). The molecule has 148 valence electrons. The maximum Gasteiger partial charge on any atom is 0.244 e. The summed E-state index contributed by atoms with van der Waals surface area (Å²) >= 11 is 6.16. The van der Waals surface area contributed by atoms with Crippen LogP contribution in [0.1, 0.15) is 11.1 Å². The molecule has 0 unspecified atom stereocenters. The molecule has 0 fully saturated rings. The summed E-state index contributed by atoms with van der Waals surface area (Å²) in [5, 5.41) is 3.18. The van der Waals surface area contributed by atoms with E-state index >= 15 is 0 Å². The number of hydrogen-bond acceptors (Lipinski definition) is 3. The first-order chi connectivity index (χ1) is 14.0. The molecule has 5 nitrogen and oxygen atoms in total. The van der Waals surface area contributed by atoms with Crippen LogP contribution in [0.2, 0.25) is 5.02 Å². The van der Waals surface area contributed by atoms with E-state index in [2.05, 4.69) is 5.32 Å². The fourth-order valence-electron chi connectivity index (χ4n) is 3.48. The maximum absolute atomic E-state index is 13.4. The van der Waals surface area contributed by atoms with Gasteiger partial charge in [-0.15, -0.1) is 0 Å². The second kappa shape index (κ2) is 7.99. The Kier molecular flexibility index (Phi) is 5.41. The van der Waals surface area contributed by atoms with Gasteiger partial charge in [0, 0.05) is 6.54 Å². The van der Waals surface area contributed by atoms with E-state index in [1.807, 2.05) is 24.3 Å². The van der Waals surface area contributed by atoms with Crippen LogP contribution in [0.25, 0.3) is 0 Å². The van der Waals surface area contributed by atoms with Gasteiger partial charge in [0.25, 0.3) is 0 Å². The topological polar surface area (TPSA) is 66.5 Å². The summed E-state index contributed by atoms with van der Waals surface area (Å²) in [6.45, 7) is 0.133. The molecule has 1 N–H and O–H groups in total. The van der Waals surface area contributed by atoms with Crippen molar-refractivity contribution >= 4 is 33.2 Å². The number of halogens is 1. The van der Waals surface area contributed by atoms with Crippen LogP contribution in [-0.4, -0.2) is 24.7 Å². The summed E-state index contributed by atoms with van der Waals surface area (Å²) in [4.78, 5) is 13.3. The number of anilines is 1. The van der Waals surface area contributed by atoms with E-state index in [9.17, 15) is 13.2 Å². The predicted molar refractivity (Wildman–Crippen MR) is 113 cm³/mol. The molecule has 1 atom stereocenters. The Bertz CT molecular complexity index is 1150. The SMILES string of the molecule is O=C(Nc1ccccc1Cl)[C@H]1Cc2ccccc2CN1S(=O)(=O)c1ccccc1. The third-order valence-electron chi connectivity index (χ3n) is 4.99. The van der Waals surface area contributed by atoms with Crippen molar-refractivity contribution in [1.29, 1.82) is 0 Å². The summed E-state index contributed by atoms with van der Waals surface area (Å²) in [6, 6.07) is 21.8. The highest BCUT2D eigenvalue weighted by Gasteiger charge is 2.39. The summed E-state index contributed by atoms with van der Waals surface area (Å²) in [6.07, 6.45) is 0.290. The molecule has 0 bridgehead atoms. The third-order valence-corrected chi connectivity index (χ3v) is 7.19. The Morgan fingerprint density at radius 3 is 2.24 bits per heavy atom. The molecule has 0 saturated heterocycles. The van der Waals surface area contributed by atoms with Gasteiger partial charge in [0.15, 0.2) is 0 Å². The molecular formula is C22H19ClN2O3S. The van der Waals surface area contributed by atoms with Crippen molar-refractivity contribution in [2.75, 3.05) is 5.32 Å². The molecule has 0 saturated carbocycles. The number of fused-ring (bicyclic) bond motifs is 1. The number of nitrogens with one attached hydrogen (secondary N) is 1. The molecule has 0 aromatic heterocycles. The van der Waals surface area contributed by atoms with Gasteiger partial charge in [-0.3, -0.25) is 4.79 Å². The van der Waals surface area contributed by atoms with E-state index in [1.54, 1.807) is 54.6 Å². The van der Waals surface area contributed by atoms with Gasteiger partial charge in [0.2, 0.25) is 15.9 Å². The van der Waals surface area contributed by atoms with E-state index in [1.165, 1.54) is 4.31 Å². The number of hydrogen-bond donors (Lipinski definition) is 1. The largest absolute Gasteiger partial charge is 0.323 e. The van der Waals surface area contributed by atoms with Crippen molar-refractivity contribution < 1.29 is 13.2 Å². The number of carbonyl (C=O) groups is 1. The smallest absolute Gasteiger partial charge is 0.244 e. The number of para-hydroxylation sites is 1. The number of benzene rings is 3. The number of sulfonamides is 1. The lowest BCUT2D eigenvalue weighted by Gasteiger charge is -2.35. The van der Waals surface area contributed by atoms with E-state index in [0.717, 1.165) is 11.1 Å². The summed E-state index contributed by atoms with van der Waals surface area (Å²) in [5.74, 6) is -0.410. The summed E-state index contributed by atoms with van der Waals surface area (Å²) in [5.41, 5.74) is 2.32. The predicted octanol–water partition coefficient (Wildman–Crippen LogP) is 4.09. The van der Waals surface area contributed by atoms with Gasteiger partial charge in [-0.1, -0.05) is 66.2 Å². The van der Waals surface area contributed by atoms with Crippen LogP contribution < -0.4 is 5.32 Å². The average molecular weight is 427 g/mol.